The highest BCUT2D eigenvalue weighted by molar-refractivity contribution is 9.10. The Morgan fingerprint density at radius 1 is 1.50 bits per heavy atom. The molecule has 1 N–H and O–H groups in total. The first-order valence-corrected chi connectivity index (χ1v) is 8.16. The Morgan fingerprint density at radius 2 is 2.25 bits per heavy atom. The van der Waals surface area contributed by atoms with Crippen molar-refractivity contribution >= 4 is 21.6 Å². The molecule has 0 aromatic heterocycles. The summed E-state index contributed by atoms with van der Waals surface area (Å²) in [5.74, 6) is 3.61. The smallest absolute Gasteiger partial charge is 0.0792 e. The largest absolute Gasteiger partial charge is 0.359 e. The van der Waals surface area contributed by atoms with Crippen LogP contribution in [0.3, 0.4) is 0 Å². The molecule has 3 heteroatoms. The first-order chi connectivity index (χ1) is 9.65. The van der Waals surface area contributed by atoms with Crippen molar-refractivity contribution in [3.63, 3.8) is 0 Å². The molecule has 0 saturated heterocycles. The van der Waals surface area contributed by atoms with Crippen molar-refractivity contribution in [2.45, 2.75) is 32.7 Å². The molecular formula is C17H23BrN2. The van der Waals surface area contributed by atoms with E-state index in [0.29, 0.717) is 12.6 Å². The molecule has 1 aliphatic carbocycles. The number of terminal acetylenes is 1. The van der Waals surface area contributed by atoms with Gasteiger partial charge in [0.25, 0.3) is 0 Å². The standard InChI is InChI=1S/C17H23BrN2/c1-4-10-20(12-14-6-7-14)17-9-8-15(11-16(17)18)13(3)19-5-2/h1,8-9,11,13-14,19H,5-7,10,12H2,2-3H3. The number of rotatable bonds is 7. The van der Waals surface area contributed by atoms with Crippen molar-refractivity contribution in [1.29, 1.82) is 0 Å². The molecule has 0 spiro atoms. The lowest BCUT2D eigenvalue weighted by molar-refractivity contribution is 0.598. The number of anilines is 1. The summed E-state index contributed by atoms with van der Waals surface area (Å²) in [6.45, 7) is 7.05. The molecule has 0 radical (unpaired) electrons. The van der Waals surface area contributed by atoms with E-state index < -0.39 is 0 Å². The van der Waals surface area contributed by atoms with E-state index in [9.17, 15) is 0 Å². The first kappa shape index (κ1) is 15.4. The molecule has 0 bridgehead atoms. The van der Waals surface area contributed by atoms with Gasteiger partial charge in [0.15, 0.2) is 0 Å². The lowest BCUT2D eigenvalue weighted by Crippen LogP contribution is -2.26. The Morgan fingerprint density at radius 3 is 2.80 bits per heavy atom. The molecule has 0 amide bonds. The molecule has 108 valence electrons. The first-order valence-electron chi connectivity index (χ1n) is 7.37. The quantitative estimate of drug-likeness (QED) is 0.759. The highest BCUT2D eigenvalue weighted by atomic mass is 79.9. The second-order valence-electron chi connectivity index (χ2n) is 5.52. The predicted molar refractivity (Wildman–Crippen MR) is 90.0 cm³/mol. The van der Waals surface area contributed by atoms with Gasteiger partial charge in [0, 0.05) is 17.1 Å². The second-order valence-corrected chi connectivity index (χ2v) is 6.37. The van der Waals surface area contributed by atoms with Crippen LogP contribution in [0.4, 0.5) is 5.69 Å². The van der Waals surface area contributed by atoms with Gasteiger partial charge in [-0.15, -0.1) is 6.42 Å². The number of halogens is 1. The molecule has 2 rings (SSSR count). The van der Waals surface area contributed by atoms with Crippen molar-refractivity contribution in [3.8, 4) is 12.3 Å². The van der Waals surface area contributed by atoms with Crippen LogP contribution in [-0.2, 0) is 0 Å². The van der Waals surface area contributed by atoms with Crippen molar-refractivity contribution in [2.75, 3.05) is 24.5 Å². The zero-order valence-corrected chi connectivity index (χ0v) is 13.9. The molecule has 1 aliphatic rings. The normalized spacial score (nSPS) is 15.7. The minimum Gasteiger partial charge on any atom is -0.359 e. The summed E-state index contributed by atoms with van der Waals surface area (Å²) in [5.41, 5.74) is 2.51. The number of nitrogens with zero attached hydrogens (tertiary/aromatic N) is 1. The van der Waals surface area contributed by atoms with Gasteiger partial charge in [0.1, 0.15) is 0 Å². The predicted octanol–water partition coefficient (Wildman–Crippen LogP) is 3.97. The van der Waals surface area contributed by atoms with E-state index in [1.165, 1.54) is 24.1 Å². The SMILES string of the molecule is C#CCN(CC1CC1)c1ccc(C(C)NCC)cc1Br. The molecule has 1 saturated carbocycles. The van der Waals surface area contributed by atoms with Gasteiger partial charge in [-0.25, -0.2) is 0 Å². The van der Waals surface area contributed by atoms with E-state index in [4.69, 9.17) is 6.42 Å². The Balaban J connectivity index is 2.15. The summed E-state index contributed by atoms with van der Waals surface area (Å²) >= 11 is 3.71. The minimum atomic E-state index is 0.370. The highest BCUT2D eigenvalue weighted by Crippen LogP contribution is 2.34. The van der Waals surface area contributed by atoms with E-state index in [1.54, 1.807) is 0 Å². The zero-order valence-electron chi connectivity index (χ0n) is 12.3. The number of nitrogens with one attached hydrogen (secondary N) is 1. The molecule has 20 heavy (non-hydrogen) atoms. The summed E-state index contributed by atoms with van der Waals surface area (Å²) in [7, 11) is 0. The van der Waals surface area contributed by atoms with Gasteiger partial charge in [-0.1, -0.05) is 18.9 Å². The fourth-order valence-corrected chi connectivity index (χ4v) is 3.09. The van der Waals surface area contributed by atoms with Gasteiger partial charge in [-0.3, -0.25) is 0 Å². The monoisotopic (exact) mass is 334 g/mol. The van der Waals surface area contributed by atoms with Crippen LogP contribution in [0.2, 0.25) is 0 Å². The summed E-state index contributed by atoms with van der Waals surface area (Å²) < 4.78 is 1.13. The lowest BCUT2D eigenvalue weighted by Gasteiger charge is -2.25. The maximum atomic E-state index is 5.51. The van der Waals surface area contributed by atoms with Crippen LogP contribution in [0, 0.1) is 18.3 Å². The van der Waals surface area contributed by atoms with Gasteiger partial charge < -0.3 is 10.2 Å². The van der Waals surface area contributed by atoms with E-state index in [0.717, 1.165) is 23.5 Å². The second kappa shape index (κ2) is 7.15. The maximum Gasteiger partial charge on any atom is 0.0792 e. The summed E-state index contributed by atoms with van der Waals surface area (Å²) in [6.07, 6.45) is 8.20. The molecule has 2 nitrogen and oxygen atoms in total. The lowest BCUT2D eigenvalue weighted by atomic mass is 10.1. The molecule has 0 heterocycles. The van der Waals surface area contributed by atoms with E-state index in [1.807, 2.05) is 0 Å². The topological polar surface area (TPSA) is 15.3 Å². The van der Waals surface area contributed by atoms with Crippen LogP contribution in [0.25, 0.3) is 0 Å². The Bertz CT molecular complexity index is 488. The van der Waals surface area contributed by atoms with E-state index >= 15 is 0 Å². The molecular weight excluding hydrogens is 312 g/mol. The van der Waals surface area contributed by atoms with Gasteiger partial charge >= 0.3 is 0 Å². The molecule has 1 atom stereocenters. The zero-order chi connectivity index (χ0) is 14.5. The third kappa shape index (κ3) is 4.01. The Kier molecular flexibility index (Phi) is 5.51. The van der Waals surface area contributed by atoms with Crippen LogP contribution < -0.4 is 10.2 Å². The van der Waals surface area contributed by atoms with Crippen molar-refractivity contribution in [3.05, 3.63) is 28.2 Å². The average molecular weight is 335 g/mol. The molecule has 1 aromatic rings. The van der Waals surface area contributed by atoms with Crippen molar-refractivity contribution < 1.29 is 0 Å². The van der Waals surface area contributed by atoms with E-state index in [2.05, 4.69) is 64.1 Å². The third-order valence-corrected chi connectivity index (χ3v) is 4.42. The molecule has 1 aromatic carbocycles. The van der Waals surface area contributed by atoms with Crippen LogP contribution in [0.5, 0.6) is 0 Å². The summed E-state index contributed by atoms with van der Waals surface area (Å²) in [6, 6.07) is 6.96. The summed E-state index contributed by atoms with van der Waals surface area (Å²) in [5, 5.41) is 3.44. The van der Waals surface area contributed by atoms with Crippen LogP contribution in [0.15, 0.2) is 22.7 Å². The fourth-order valence-electron chi connectivity index (χ4n) is 2.44. The van der Waals surface area contributed by atoms with Gasteiger partial charge in [0.2, 0.25) is 0 Å². The van der Waals surface area contributed by atoms with Gasteiger partial charge in [-0.2, -0.15) is 0 Å². The van der Waals surface area contributed by atoms with Gasteiger partial charge in [-0.05, 0) is 65.9 Å². The van der Waals surface area contributed by atoms with Crippen molar-refractivity contribution in [1.82, 2.24) is 5.32 Å². The third-order valence-electron chi connectivity index (χ3n) is 3.78. The number of hydrogen-bond acceptors (Lipinski definition) is 2. The number of hydrogen-bond donors (Lipinski definition) is 1. The minimum absolute atomic E-state index is 0.370. The fraction of sp³-hybridized carbons (Fsp3) is 0.529. The highest BCUT2D eigenvalue weighted by Gasteiger charge is 2.25. The Hall–Kier alpha value is -0.980. The van der Waals surface area contributed by atoms with Crippen LogP contribution in [0.1, 0.15) is 38.3 Å². The van der Waals surface area contributed by atoms with E-state index in [-0.39, 0.29) is 0 Å². The van der Waals surface area contributed by atoms with Crippen LogP contribution >= 0.6 is 15.9 Å². The number of benzene rings is 1. The average Bonchev–Trinajstić information content (AvgIpc) is 3.22. The molecule has 1 fully saturated rings. The summed E-state index contributed by atoms with van der Waals surface area (Å²) in [4.78, 5) is 2.31. The Labute approximate surface area is 131 Å². The maximum absolute atomic E-state index is 5.51. The molecule has 1 unspecified atom stereocenters. The molecule has 0 aliphatic heterocycles. The van der Waals surface area contributed by atoms with Gasteiger partial charge in [0.05, 0.1) is 12.2 Å². The van der Waals surface area contributed by atoms with Crippen molar-refractivity contribution in [2.24, 2.45) is 5.92 Å². The van der Waals surface area contributed by atoms with Crippen LogP contribution in [-0.4, -0.2) is 19.6 Å².